The summed E-state index contributed by atoms with van der Waals surface area (Å²) in [7, 11) is 0. The maximum Gasteiger partial charge on any atom is 0.322 e. The third-order valence-corrected chi connectivity index (χ3v) is 6.43. The number of aliphatic hydroxyl groups is 1. The van der Waals surface area contributed by atoms with Crippen LogP contribution in [0.25, 0.3) is 0 Å². The highest BCUT2D eigenvalue weighted by molar-refractivity contribution is 6.42. The fourth-order valence-electron chi connectivity index (χ4n) is 3.41. The van der Waals surface area contributed by atoms with Gasteiger partial charge in [-0.05, 0) is 54.8 Å². The average Bonchev–Trinajstić information content (AvgIpc) is 2.88. The molecule has 2 aromatic carbocycles. The Bertz CT molecular complexity index is 1150. The highest BCUT2D eigenvalue weighted by Gasteiger charge is 2.23. The lowest BCUT2D eigenvalue weighted by Crippen LogP contribution is -3.00. The molecule has 1 aromatic heterocycles. The van der Waals surface area contributed by atoms with Crippen LogP contribution in [0.15, 0.2) is 66.9 Å². The number of H-pyrrole nitrogens is 1. The van der Waals surface area contributed by atoms with Gasteiger partial charge in [0.2, 0.25) is 0 Å². The Morgan fingerprint density at radius 2 is 1.78 bits per heavy atom. The van der Waals surface area contributed by atoms with E-state index in [0.717, 1.165) is 12.0 Å². The molecule has 0 saturated heterocycles. The first kappa shape index (κ1) is 29.4. The summed E-state index contributed by atoms with van der Waals surface area (Å²) in [5, 5.41) is 17.2. The second-order valence-corrected chi connectivity index (χ2v) is 9.00. The highest BCUT2D eigenvalue weighted by Crippen LogP contribution is 2.26. The number of aliphatic hydroxyl groups excluding tert-OH is 1. The van der Waals surface area contributed by atoms with E-state index in [1.165, 1.54) is 0 Å². The van der Waals surface area contributed by atoms with Crippen LogP contribution in [0.5, 0.6) is 0 Å². The van der Waals surface area contributed by atoms with Gasteiger partial charge in [0, 0.05) is 30.4 Å². The number of carbonyl (C=O) groups excluding carboxylic acids is 2. The normalized spacial score (nSPS) is 12.1. The number of hydrogen-bond donors (Lipinski definition) is 3. The van der Waals surface area contributed by atoms with E-state index in [9.17, 15) is 14.7 Å². The Morgan fingerprint density at radius 1 is 1.06 bits per heavy atom. The van der Waals surface area contributed by atoms with Crippen molar-refractivity contribution in [1.29, 1.82) is 0 Å². The molecular weight excluding hydrogens is 523 g/mol. The minimum atomic E-state index is -0.919. The number of anilines is 1. The van der Waals surface area contributed by atoms with Gasteiger partial charge in [-0.2, -0.15) is 0 Å². The van der Waals surface area contributed by atoms with Gasteiger partial charge in [-0.25, -0.2) is 9.78 Å². The molecule has 3 aromatic rings. The molecule has 0 fully saturated rings. The van der Waals surface area contributed by atoms with Gasteiger partial charge in [-0.15, -0.1) is 0 Å². The predicted octanol–water partition coefficient (Wildman–Crippen LogP) is 2.11. The van der Waals surface area contributed by atoms with Crippen molar-refractivity contribution in [3.8, 4) is 0 Å². The van der Waals surface area contributed by atoms with E-state index in [2.05, 4.69) is 15.6 Å². The van der Waals surface area contributed by atoms with Gasteiger partial charge in [0.1, 0.15) is 0 Å². The average molecular weight is 552 g/mol. The fourth-order valence-corrected chi connectivity index (χ4v) is 3.71. The number of aromatic amines is 1. The van der Waals surface area contributed by atoms with Crippen molar-refractivity contribution >= 4 is 40.8 Å². The van der Waals surface area contributed by atoms with Crippen LogP contribution in [-0.2, 0) is 6.54 Å². The van der Waals surface area contributed by atoms with E-state index >= 15 is 0 Å². The van der Waals surface area contributed by atoms with Crippen molar-refractivity contribution in [3.05, 3.63) is 93.7 Å². The molecule has 0 bridgehead atoms. The number of rotatable bonds is 9. The minimum Gasteiger partial charge on any atom is -1.00 e. The summed E-state index contributed by atoms with van der Waals surface area (Å²) in [6.07, 6.45) is 1.50. The van der Waals surface area contributed by atoms with E-state index in [4.69, 9.17) is 23.2 Å². The molecule has 0 spiro atoms. The lowest BCUT2D eigenvalue weighted by molar-refractivity contribution is -0.382. The molecule has 192 valence electrons. The zero-order valence-corrected chi connectivity index (χ0v) is 22.2. The Kier molecular flexibility index (Phi) is 11.5. The van der Waals surface area contributed by atoms with E-state index in [0.29, 0.717) is 33.5 Å². The van der Waals surface area contributed by atoms with Crippen LogP contribution in [0, 0.1) is 0 Å². The topological polar surface area (TPSA) is 95.8 Å². The number of aromatic nitrogens is 1. The molecule has 0 unspecified atom stereocenters. The third-order valence-electron chi connectivity index (χ3n) is 5.69. The van der Waals surface area contributed by atoms with E-state index in [-0.39, 0.29) is 36.9 Å². The van der Waals surface area contributed by atoms with Crippen molar-refractivity contribution in [3.63, 3.8) is 0 Å². The Balaban J connectivity index is 0.00000456. The van der Waals surface area contributed by atoms with Crippen LogP contribution in [0.3, 0.4) is 0 Å². The maximum absolute atomic E-state index is 13.1. The standard InChI is InChI=1S/C26H28Cl2N4O3.ClH/c1-3-17(2)32(16-24(33)19-9-12-21(27)22(28)14-19)26(35)31-20-10-7-18(8-11-20)15-30-25(34)23-6-4-5-13-29-23;/h4-14,17,24,33H,3,15-16H2,1-2H3,(H,30,34)(H,31,35);1H/t17-,24-;/m1./s1. The first-order chi connectivity index (χ1) is 16.8. The van der Waals surface area contributed by atoms with Gasteiger partial charge in [0.15, 0.2) is 6.20 Å². The zero-order valence-electron chi connectivity index (χ0n) is 20.0. The van der Waals surface area contributed by atoms with E-state index in [1.807, 2.05) is 26.0 Å². The molecule has 0 radical (unpaired) electrons. The van der Waals surface area contributed by atoms with Crippen molar-refractivity contribution < 1.29 is 32.1 Å². The van der Waals surface area contributed by atoms with Crippen LogP contribution in [0.4, 0.5) is 10.5 Å². The van der Waals surface area contributed by atoms with Gasteiger partial charge in [0.25, 0.3) is 5.69 Å². The molecule has 36 heavy (non-hydrogen) atoms. The minimum absolute atomic E-state index is 0. The second kappa shape index (κ2) is 14.0. The molecule has 0 aliphatic carbocycles. The molecule has 1 heterocycles. The lowest BCUT2D eigenvalue weighted by atomic mass is 10.1. The number of benzene rings is 2. The summed E-state index contributed by atoms with van der Waals surface area (Å²) in [5.74, 6) is -0.201. The molecular formula is C26H29Cl3N4O3. The number of hydrogen-bond acceptors (Lipinski definition) is 3. The maximum atomic E-state index is 13.1. The van der Waals surface area contributed by atoms with Crippen LogP contribution < -0.4 is 28.0 Å². The van der Waals surface area contributed by atoms with Gasteiger partial charge in [0.05, 0.1) is 22.7 Å². The van der Waals surface area contributed by atoms with Crippen LogP contribution >= 0.6 is 23.2 Å². The molecule has 0 aliphatic rings. The van der Waals surface area contributed by atoms with Crippen molar-refractivity contribution in [2.45, 2.75) is 39.0 Å². The summed E-state index contributed by atoms with van der Waals surface area (Å²) in [4.78, 5) is 29.7. The number of carbonyl (C=O) groups is 2. The van der Waals surface area contributed by atoms with Gasteiger partial charge in [-0.1, -0.05) is 48.3 Å². The summed E-state index contributed by atoms with van der Waals surface area (Å²) in [6.45, 7) is 4.36. The largest absolute Gasteiger partial charge is 1.00 e. The molecule has 7 nitrogen and oxygen atoms in total. The van der Waals surface area contributed by atoms with Crippen LogP contribution in [0.2, 0.25) is 10.0 Å². The molecule has 0 aliphatic heterocycles. The summed E-state index contributed by atoms with van der Waals surface area (Å²) < 4.78 is 0. The third kappa shape index (κ3) is 8.10. The molecule has 4 N–H and O–H groups in total. The number of nitrogens with zero attached hydrogens (tertiary/aromatic N) is 1. The predicted molar refractivity (Wildman–Crippen MR) is 138 cm³/mol. The fraction of sp³-hybridized carbons (Fsp3) is 0.269. The number of halogens is 3. The van der Waals surface area contributed by atoms with Crippen molar-refractivity contribution in [2.75, 3.05) is 11.9 Å². The van der Waals surface area contributed by atoms with Crippen molar-refractivity contribution in [2.24, 2.45) is 0 Å². The molecule has 3 rings (SSSR count). The smallest absolute Gasteiger partial charge is 0.322 e. The van der Waals surface area contributed by atoms with Gasteiger partial charge < -0.3 is 33.0 Å². The molecule has 10 heteroatoms. The summed E-state index contributed by atoms with van der Waals surface area (Å²) in [5.41, 5.74) is 2.56. The Hall–Kier alpha value is -2.84. The lowest BCUT2D eigenvalue weighted by Gasteiger charge is -2.31. The number of nitrogens with one attached hydrogen (secondary N) is 3. The Labute approximate surface area is 227 Å². The number of amides is 3. The van der Waals surface area contributed by atoms with Gasteiger partial charge >= 0.3 is 11.9 Å². The highest BCUT2D eigenvalue weighted by atomic mass is 35.5. The van der Waals surface area contributed by atoms with Crippen LogP contribution in [0.1, 0.15) is 48.0 Å². The quantitative estimate of drug-likeness (QED) is 0.380. The monoisotopic (exact) mass is 550 g/mol. The van der Waals surface area contributed by atoms with Crippen molar-refractivity contribution in [1.82, 2.24) is 10.2 Å². The summed E-state index contributed by atoms with van der Waals surface area (Å²) >= 11 is 12.0. The molecule has 0 saturated carbocycles. The molecule has 3 amide bonds. The Morgan fingerprint density at radius 3 is 2.39 bits per heavy atom. The molecule has 2 atom stereocenters. The SMILES string of the molecule is CC[C@@H](C)N(C[C@@H](O)c1ccc(Cl)c(Cl)c1)C(=O)Nc1ccc(CNC(=O)c2cccc[nH+]2)cc1.[Cl-]. The van der Waals surface area contributed by atoms with Crippen LogP contribution in [-0.4, -0.2) is 34.5 Å². The number of pyridine rings is 1. The second-order valence-electron chi connectivity index (χ2n) is 8.18. The van der Waals surface area contributed by atoms with E-state index in [1.54, 1.807) is 59.6 Å². The van der Waals surface area contributed by atoms with E-state index < -0.39 is 6.10 Å². The zero-order chi connectivity index (χ0) is 25.4. The summed E-state index contributed by atoms with van der Waals surface area (Å²) in [6, 6.07) is 17.0. The first-order valence-corrected chi connectivity index (χ1v) is 12.1. The number of urea groups is 1. The first-order valence-electron chi connectivity index (χ1n) is 11.3. The van der Waals surface area contributed by atoms with Gasteiger partial charge in [-0.3, -0.25) is 4.79 Å².